The monoisotopic (exact) mass is 471 g/mol. The van der Waals surface area contributed by atoms with Gasteiger partial charge in [-0.3, -0.25) is 19.4 Å². The lowest BCUT2D eigenvalue weighted by atomic mass is 10.0. The lowest BCUT2D eigenvalue weighted by Gasteiger charge is -2.28. The molecule has 0 bridgehead atoms. The first kappa shape index (κ1) is 28.1. The number of aliphatic carboxylic acids is 1. The first-order valence-electron chi connectivity index (χ1n) is 11.0. The largest absolute Gasteiger partial charge is 0.480 e. The molecule has 1 heterocycles. The summed E-state index contributed by atoms with van der Waals surface area (Å²) in [5, 5.41) is 29.9. The molecule has 10 N–H and O–H groups in total. The van der Waals surface area contributed by atoms with Crippen molar-refractivity contribution >= 4 is 29.7 Å². The Labute approximate surface area is 193 Å². The van der Waals surface area contributed by atoms with Crippen LogP contribution in [0.1, 0.15) is 46.5 Å². The van der Waals surface area contributed by atoms with Gasteiger partial charge in [0.2, 0.25) is 17.7 Å². The van der Waals surface area contributed by atoms with Crippen molar-refractivity contribution in [2.75, 3.05) is 13.1 Å². The molecule has 1 saturated heterocycles. The van der Waals surface area contributed by atoms with Crippen LogP contribution in [0, 0.1) is 5.92 Å². The zero-order valence-corrected chi connectivity index (χ0v) is 19.3. The Balaban J connectivity index is 2.80. The fourth-order valence-electron chi connectivity index (χ4n) is 3.37. The van der Waals surface area contributed by atoms with E-state index in [1.54, 1.807) is 13.8 Å². The minimum absolute atomic E-state index is 0.0807. The molecule has 13 nitrogen and oxygen atoms in total. The summed E-state index contributed by atoms with van der Waals surface area (Å²) in [6, 6.07) is -4.01. The summed E-state index contributed by atoms with van der Waals surface area (Å²) < 4.78 is 0. The first-order chi connectivity index (χ1) is 15.4. The first-order valence-corrected chi connectivity index (χ1v) is 11.0. The van der Waals surface area contributed by atoms with Crippen molar-refractivity contribution in [2.45, 2.75) is 76.7 Å². The van der Waals surface area contributed by atoms with Crippen molar-refractivity contribution in [3.05, 3.63) is 0 Å². The van der Waals surface area contributed by atoms with Crippen molar-refractivity contribution in [3.8, 4) is 0 Å². The molecule has 0 radical (unpaired) electrons. The van der Waals surface area contributed by atoms with Crippen LogP contribution in [-0.4, -0.2) is 83.2 Å². The summed E-state index contributed by atoms with van der Waals surface area (Å²) in [6.07, 6.45) is 0.636. The standard InChI is InChI=1S/C20H37N7O6/c1-10(2)14(17(30)25-13(19(32)33)7-5-9-24-20(21)22)26-18(31)15(11(3)28)27-16(29)12-6-4-8-23-12/h10-15,23,28H,4-9H2,1-3H3,(H,25,30)(H,26,31)(H,27,29)(H,32,33)(H4,21,22,24). The predicted molar refractivity (Wildman–Crippen MR) is 121 cm³/mol. The van der Waals surface area contributed by atoms with Crippen LogP contribution in [-0.2, 0) is 19.2 Å². The third kappa shape index (κ3) is 9.61. The molecule has 188 valence electrons. The molecular weight excluding hydrogens is 434 g/mol. The maximum atomic E-state index is 12.8. The maximum Gasteiger partial charge on any atom is 0.326 e. The van der Waals surface area contributed by atoms with Crippen LogP contribution in [0.4, 0.5) is 0 Å². The molecule has 13 heteroatoms. The summed E-state index contributed by atoms with van der Waals surface area (Å²) in [6.45, 7) is 5.61. The molecule has 3 amide bonds. The topological polar surface area (TPSA) is 221 Å². The molecule has 0 aromatic rings. The highest BCUT2D eigenvalue weighted by Crippen LogP contribution is 2.08. The highest BCUT2D eigenvalue weighted by molar-refractivity contribution is 5.94. The van der Waals surface area contributed by atoms with Crippen LogP contribution in [0.2, 0.25) is 0 Å². The SMILES string of the molecule is CC(C)C(NC(=O)C(NC(=O)C1CCCN1)C(C)O)C(=O)NC(CCCN=C(N)N)C(=O)O. The van der Waals surface area contributed by atoms with E-state index in [1.165, 1.54) is 6.92 Å². The van der Waals surface area contributed by atoms with Gasteiger partial charge in [0.1, 0.15) is 18.1 Å². The summed E-state index contributed by atoms with van der Waals surface area (Å²) in [5.41, 5.74) is 10.5. The van der Waals surface area contributed by atoms with Gasteiger partial charge in [-0.05, 0) is 45.1 Å². The Hall–Kier alpha value is -2.93. The van der Waals surface area contributed by atoms with Crippen LogP contribution in [0.25, 0.3) is 0 Å². The normalized spacial score (nSPS) is 19.1. The lowest BCUT2D eigenvalue weighted by Crippen LogP contribution is -2.60. The zero-order valence-electron chi connectivity index (χ0n) is 19.3. The van der Waals surface area contributed by atoms with Gasteiger partial charge in [0, 0.05) is 6.54 Å². The number of hydrogen-bond acceptors (Lipinski definition) is 7. The Morgan fingerprint density at radius 1 is 1.06 bits per heavy atom. The third-order valence-electron chi connectivity index (χ3n) is 5.25. The number of aliphatic imine (C=N–C) groups is 1. The number of carbonyl (C=O) groups is 4. The molecule has 1 aliphatic rings. The summed E-state index contributed by atoms with van der Waals surface area (Å²) in [4.78, 5) is 53.3. The molecule has 0 spiro atoms. The number of carbonyl (C=O) groups excluding carboxylic acids is 3. The maximum absolute atomic E-state index is 12.8. The molecule has 0 saturated carbocycles. The van der Waals surface area contributed by atoms with Gasteiger partial charge in [-0.25, -0.2) is 4.79 Å². The van der Waals surface area contributed by atoms with Crippen molar-refractivity contribution in [2.24, 2.45) is 22.4 Å². The lowest BCUT2D eigenvalue weighted by molar-refractivity contribution is -0.143. The quantitative estimate of drug-likeness (QED) is 0.0798. The zero-order chi connectivity index (χ0) is 25.1. The predicted octanol–water partition coefficient (Wildman–Crippen LogP) is -2.63. The second-order valence-corrected chi connectivity index (χ2v) is 8.45. The molecule has 1 aliphatic heterocycles. The highest BCUT2D eigenvalue weighted by Gasteiger charge is 2.34. The third-order valence-corrected chi connectivity index (χ3v) is 5.25. The van der Waals surface area contributed by atoms with Gasteiger partial charge in [-0.2, -0.15) is 0 Å². The van der Waals surface area contributed by atoms with Crippen LogP contribution >= 0.6 is 0 Å². The number of hydrogen-bond donors (Lipinski definition) is 8. The van der Waals surface area contributed by atoms with E-state index >= 15 is 0 Å². The van der Waals surface area contributed by atoms with E-state index in [-0.39, 0.29) is 18.9 Å². The van der Waals surface area contributed by atoms with Crippen molar-refractivity contribution < 1.29 is 29.4 Å². The number of aliphatic hydroxyl groups is 1. The Morgan fingerprint density at radius 3 is 2.18 bits per heavy atom. The smallest absolute Gasteiger partial charge is 0.326 e. The fraction of sp³-hybridized carbons (Fsp3) is 0.750. The van der Waals surface area contributed by atoms with E-state index in [1.807, 2.05) is 0 Å². The van der Waals surface area contributed by atoms with E-state index in [9.17, 15) is 29.4 Å². The van der Waals surface area contributed by atoms with E-state index in [0.717, 1.165) is 6.42 Å². The van der Waals surface area contributed by atoms with E-state index < -0.39 is 59.9 Å². The molecular formula is C20H37N7O6. The van der Waals surface area contributed by atoms with Crippen LogP contribution in [0.5, 0.6) is 0 Å². The Bertz CT molecular complexity index is 718. The van der Waals surface area contributed by atoms with Gasteiger partial charge in [0.25, 0.3) is 0 Å². The minimum Gasteiger partial charge on any atom is -0.480 e. The summed E-state index contributed by atoms with van der Waals surface area (Å²) in [5.74, 6) is -3.60. The van der Waals surface area contributed by atoms with Crippen molar-refractivity contribution in [1.29, 1.82) is 0 Å². The molecule has 33 heavy (non-hydrogen) atoms. The number of aliphatic hydroxyl groups excluding tert-OH is 1. The number of carboxylic acid groups (broad SMARTS) is 1. The van der Waals surface area contributed by atoms with E-state index in [0.29, 0.717) is 19.4 Å². The van der Waals surface area contributed by atoms with Crippen LogP contribution in [0.15, 0.2) is 4.99 Å². The minimum atomic E-state index is -1.27. The van der Waals surface area contributed by atoms with Gasteiger partial charge in [-0.15, -0.1) is 0 Å². The summed E-state index contributed by atoms with van der Waals surface area (Å²) >= 11 is 0. The number of nitrogens with zero attached hydrogens (tertiary/aromatic N) is 1. The van der Waals surface area contributed by atoms with E-state index in [4.69, 9.17) is 11.5 Å². The number of nitrogens with two attached hydrogens (primary N) is 2. The fourth-order valence-corrected chi connectivity index (χ4v) is 3.37. The van der Waals surface area contributed by atoms with Gasteiger partial charge in [-0.1, -0.05) is 13.8 Å². The Morgan fingerprint density at radius 2 is 1.70 bits per heavy atom. The number of amides is 3. The number of guanidine groups is 1. The number of carboxylic acids is 1. The second kappa shape index (κ2) is 13.6. The van der Waals surface area contributed by atoms with E-state index in [2.05, 4.69) is 26.3 Å². The van der Waals surface area contributed by atoms with Gasteiger partial charge in [0.15, 0.2) is 5.96 Å². The molecule has 1 fully saturated rings. The average Bonchev–Trinajstić information content (AvgIpc) is 3.26. The van der Waals surface area contributed by atoms with Crippen molar-refractivity contribution in [1.82, 2.24) is 21.3 Å². The van der Waals surface area contributed by atoms with Crippen LogP contribution < -0.4 is 32.7 Å². The molecule has 0 aliphatic carbocycles. The Kier molecular flexibility index (Phi) is 11.6. The van der Waals surface area contributed by atoms with Crippen LogP contribution in [0.3, 0.4) is 0 Å². The molecule has 5 atom stereocenters. The molecule has 1 rings (SSSR count). The highest BCUT2D eigenvalue weighted by atomic mass is 16.4. The number of rotatable bonds is 13. The number of nitrogens with one attached hydrogen (secondary N) is 4. The molecule has 5 unspecified atom stereocenters. The molecule has 0 aromatic heterocycles. The summed E-state index contributed by atoms with van der Waals surface area (Å²) in [7, 11) is 0. The van der Waals surface area contributed by atoms with Gasteiger partial charge in [0.05, 0.1) is 12.1 Å². The second-order valence-electron chi connectivity index (χ2n) is 8.45. The molecule has 0 aromatic carbocycles. The van der Waals surface area contributed by atoms with Crippen molar-refractivity contribution in [3.63, 3.8) is 0 Å². The average molecular weight is 472 g/mol. The van der Waals surface area contributed by atoms with Gasteiger partial charge >= 0.3 is 5.97 Å². The van der Waals surface area contributed by atoms with Gasteiger partial charge < -0.3 is 42.9 Å².